The summed E-state index contributed by atoms with van der Waals surface area (Å²) >= 11 is 0. The third-order valence-corrected chi connectivity index (χ3v) is 9.21. The van der Waals surface area contributed by atoms with Gasteiger partial charge in [-0.15, -0.1) is 0 Å². The molecule has 2 unspecified atom stereocenters. The molecule has 0 aromatic rings. The molecule has 2 rings (SSSR count). The van der Waals surface area contributed by atoms with Crippen molar-refractivity contribution in [3.63, 3.8) is 0 Å². The van der Waals surface area contributed by atoms with Crippen molar-refractivity contribution in [1.82, 2.24) is 0 Å². The number of hydrogen-bond acceptors (Lipinski definition) is 2. The summed E-state index contributed by atoms with van der Waals surface area (Å²) in [7, 11) is -3.50. The van der Waals surface area contributed by atoms with Gasteiger partial charge in [-0.05, 0) is 30.9 Å². The second-order valence-electron chi connectivity index (χ2n) is 5.09. The smallest absolute Gasteiger partial charge is 0.108 e. The lowest BCUT2D eigenvalue weighted by Crippen LogP contribution is -1.87. The summed E-state index contributed by atoms with van der Waals surface area (Å²) in [6.07, 6.45) is 12.1. The van der Waals surface area contributed by atoms with Crippen LogP contribution in [0.1, 0.15) is 39.5 Å². The van der Waals surface area contributed by atoms with Crippen LogP contribution < -0.4 is 0 Å². The van der Waals surface area contributed by atoms with Gasteiger partial charge in [0.05, 0.1) is 0 Å². The summed E-state index contributed by atoms with van der Waals surface area (Å²) in [4.78, 5) is 0. The molecule has 0 amide bonds. The molecule has 0 spiro atoms. The molecule has 0 saturated carbocycles. The Kier molecular flexibility index (Phi) is 6.67. The minimum absolute atomic E-state index is 0.851. The Balaban J connectivity index is 0.000000184. The number of hydrogen-bond donors (Lipinski definition) is 0. The van der Waals surface area contributed by atoms with Crippen LogP contribution in [0.4, 0.5) is 0 Å². The average Bonchev–Trinajstić information content (AvgIpc) is 2.98. The average molecular weight is 288 g/mol. The molecule has 0 fully saturated rings. The van der Waals surface area contributed by atoms with Gasteiger partial charge in [-0.3, -0.25) is 0 Å². The zero-order valence-corrected chi connectivity index (χ0v) is 13.5. The standard InChI is InChI=1S/C8H15OP.C6H11OP/c1-2-3-6-10(9)7-4-5-8-10;1-2-8(7)5-3-4-6-8/h4,7H,2-3,5-6,8H2,1H3;3,5H,2,4,6H2,1H3. The van der Waals surface area contributed by atoms with Crippen LogP contribution in [0.5, 0.6) is 0 Å². The fraction of sp³-hybridized carbons (Fsp3) is 0.714. The number of rotatable bonds is 4. The van der Waals surface area contributed by atoms with Crippen LogP contribution in [0, 0.1) is 0 Å². The van der Waals surface area contributed by atoms with Gasteiger partial charge in [-0.2, -0.15) is 0 Å². The molecule has 0 aromatic carbocycles. The van der Waals surface area contributed by atoms with Crippen molar-refractivity contribution in [2.45, 2.75) is 39.5 Å². The predicted octanol–water partition coefficient (Wildman–Crippen LogP) is 5.35. The molecule has 104 valence electrons. The lowest BCUT2D eigenvalue weighted by Gasteiger charge is -2.06. The summed E-state index contributed by atoms with van der Waals surface area (Å²) in [6.45, 7) is 4.14. The molecule has 0 N–H and O–H groups in total. The summed E-state index contributed by atoms with van der Waals surface area (Å²) < 4.78 is 23.0. The lowest BCUT2D eigenvalue weighted by molar-refractivity contribution is 0.579. The highest BCUT2D eigenvalue weighted by molar-refractivity contribution is 7.67. The zero-order valence-electron chi connectivity index (χ0n) is 11.7. The molecule has 0 aromatic heterocycles. The summed E-state index contributed by atoms with van der Waals surface area (Å²) in [5.74, 6) is 3.87. The van der Waals surface area contributed by atoms with Gasteiger partial charge in [0.25, 0.3) is 0 Å². The van der Waals surface area contributed by atoms with E-state index in [1.165, 1.54) is 0 Å². The first-order valence-corrected chi connectivity index (χ1v) is 11.3. The normalized spacial score (nSPS) is 33.4. The maximum atomic E-state index is 11.7. The number of unbranched alkanes of at least 4 members (excludes halogenated alkanes) is 1. The van der Waals surface area contributed by atoms with E-state index in [2.05, 4.69) is 13.0 Å². The largest absolute Gasteiger partial charge is 0.319 e. The first-order chi connectivity index (χ1) is 8.54. The molecule has 0 radical (unpaired) electrons. The van der Waals surface area contributed by atoms with Gasteiger partial charge >= 0.3 is 0 Å². The predicted molar refractivity (Wildman–Crippen MR) is 82.8 cm³/mol. The zero-order chi connectivity index (χ0) is 13.5. The van der Waals surface area contributed by atoms with Gasteiger partial charge in [-0.25, -0.2) is 0 Å². The lowest BCUT2D eigenvalue weighted by atomic mass is 10.4. The second-order valence-corrected chi connectivity index (χ2v) is 11.5. The van der Waals surface area contributed by atoms with Crippen molar-refractivity contribution in [2.24, 2.45) is 0 Å². The summed E-state index contributed by atoms with van der Waals surface area (Å²) in [5.41, 5.74) is 0. The van der Waals surface area contributed by atoms with Gasteiger partial charge in [0, 0.05) is 24.6 Å². The Morgan fingerprint density at radius 3 is 1.83 bits per heavy atom. The van der Waals surface area contributed by atoms with Gasteiger partial charge in [0.15, 0.2) is 0 Å². The Bertz CT molecular complexity index is 397. The molecular formula is C14H26O2P2. The summed E-state index contributed by atoms with van der Waals surface area (Å²) in [5, 5.41) is 0. The van der Waals surface area contributed by atoms with E-state index in [0.29, 0.717) is 0 Å². The number of allylic oxidation sites excluding steroid dienone is 2. The minimum Gasteiger partial charge on any atom is -0.319 e. The molecule has 0 bridgehead atoms. The molecule has 0 aliphatic carbocycles. The summed E-state index contributed by atoms with van der Waals surface area (Å²) in [6, 6.07) is 0. The molecule has 0 saturated heterocycles. The highest BCUT2D eigenvalue weighted by Gasteiger charge is 2.20. The minimum atomic E-state index is -1.77. The maximum absolute atomic E-state index is 11.7. The van der Waals surface area contributed by atoms with Crippen LogP contribution in [0.25, 0.3) is 0 Å². The second kappa shape index (κ2) is 7.51. The van der Waals surface area contributed by atoms with E-state index in [0.717, 1.165) is 50.3 Å². The van der Waals surface area contributed by atoms with E-state index in [1.807, 2.05) is 24.6 Å². The van der Waals surface area contributed by atoms with Gasteiger partial charge in [-0.1, -0.05) is 32.4 Å². The molecule has 2 atom stereocenters. The van der Waals surface area contributed by atoms with Crippen LogP contribution in [-0.2, 0) is 9.13 Å². The fourth-order valence-electron chi connectivity index (χ4n) is 2.14. The van der Waals surface area contributed by atoms with E-state index in [-0.39, 0.29) is 0 Å². The molecule has 18 heavy (non-hydrogen) atoms. The molecule has 2 aliphatic heterocycles. The first kappa shape index (κ1) is 16.0. The Hall–Kier alpha value is -0.0600. The van der Waals surface area contributed by atoms with Gasteiger partial charge < -0.3 is 9.13 Å². The van der Waals surface area contributed by atoms with Crippen LogP contribution in [0.3, 0.4) is 0 Å². The molecule has 2 heterocycles. The molecule has 4 heteroatoms. The van der Waals surface area contributed by atoms with Crippen LogP contribution >= 0.6 is 14.3 Å². The molecular weight excluding hydrogens is 262 g/mol. The van der Waals surface area contributed by atoms with E-state index in [4.69, 9.17) is 0 Å². The van der Waals surface area contributed by atoms with Crippen LogP contribution in [0.15, 0.2) is 23.8 Å². The Labute approximate surface area is 112 Å². The topological polar surface area (TPSA) is 34.1 Å². The van der Waals surface area contributed by atoms with Crippen molar-refractivity contribution in [3.05, 3.63) is 23.8 Å². The van der Waals surface area contributed by atoms with Crippen molar-refractivity contribution >= 4 is 14.3 Å². The van der Waals surface area contributed by atoms with Crippen molar-refractivity contribution in [2.75, 3.05) is 24.6 Å². The van der Waals surface area contributed by atoms with Crippen molar-refractivity contribution in [1.29, 1.82) is 0 Å². The van der Waals surface area contributed by atoms with E-state index in [1.54, 1.807) is 0 Å². The quantitative estimate of drug-likeness (QED) is 0.653. The fourth-order valence-corrected chi connectivity index (χ4v) is 6.43. The third-order valence-electron chi connectivity index (χ3n) is 3.53. The Morgan fingerprint density at radius 1 is 0.944 bits per heavy atom. The highest BCUT2D eigenvalue weighted by atomic mass is 31.2. The van der Waals surface area contributed by atoms with E-state index >= 15 is 0 Å². The SMILES string of the molecule is CCCCP1(=O)C=CCC1.CCP1(=O)C=CCC1. The molecule has 2 nitrogen and oxygen atoms in total. The Morgan fingerprint density at radius 2 is 1.50 bits per heavy atom. The van der Waals surface area contributed by atoms with Crippen LogP contribution in [0.2, 0.25) is 0 Å². The van der Waals surface area contributed by atoms with E-state index < -0.39 is 14.3 Å². The third kappa shape index (κ3) is 5.29. The molecule has 2 aliphatic rings. The highest BCUT2D eigenvalue weighted by Crippen LogP contribution is 2.52. The van der Waals surface area contributed by atoms with E-state index in [9.17, 15) is 9.13 Å². The maximum Gasteiger partial charge on any atom is 0.108 e. The first-order valence-electron chi connectivity index (χ1n) is 7.04. The van der Waals surface area contributed by atoms with Gasteiger partial charge in [0.2, 0.25) is 0 Å². The van der Waals surface area contributed by atoms with Crippen LogP contribution in [-0.4, -0.2) is 24.6 Å². The van der Waals surface area contributed by atoms with Crippen molar-refractivity contribution < 1.29 is 9.13 Å². The van der Waals surface area contributed by atoms with Gasteiger partial charge in [0.1, 0.15) is 14.3 Å². The monoisotopic (exact) mass is 288 g/mol. The van der Waals surface area contributed by atoms with Crippen molar-refractivity contribution in [3.8, 4) is 0 Å².